The fourth-order valence-electron chi connectivity index (χ4n) is 3.36. The maximum absolute atomic E-state index is 4.77. The first-order valence-electron chi connectivity index (χ1n) is 8.20. The highest BCUT2D eigenvalue weighted by molar-refractivity contribution is 7.17. The molecule has 0 fully saturated rings. The topological polar surface area (TPSA) is 29.3 Å². The highest BCUT2D eigenvalue weighted by Crippen LogP contribution is 2.32. The van der Waals surface area contributed by atoms with Crippen molar-refractivity contribution >= 4 is 32.9 Å². The number of thiophene rings is 1. The zero-order valence-electron chi connectivity index (χ0n) is 14.5. The van der Waals surface area contributed by atoms with Gasteiger partial charge in [-0.1, -0.05) is 12.1 Å². The number of anilines is 1. The van der Waals surface area contributed by atoms with Gasteiger partial charge in [0, 0.05) is 24.4 Å². The zero-order chi connectivity index (χ0) is 16.8. The molecule has 0 saturated carbocycles. The van der Waals surface area contributed by atoms with Crippen LogP contribution in [0, 0.1) is 20.8 Å². The average Bonchev–Trinajstić information content (AvgIpc) is 3.12. The lowest BCUT2D eigenvalue weighted by molar-refractivity contribution is 1.02. The summed E-state index contributed by atoms with van der Waals surface area (Å²) in [5.74, 6) is 0.966. The van der Waals surface area contributed by atoms with E-state index in [1.165, 1.54) is 38.0 Å². The minimum Gasteiger partial charge on any atom is -0.372 e. The number of rotatable bonds is 3. The molecule has 4 rings (SSSR count). The van der Waals surface area contributed by atoms with Crippen molar-refractivity contribution in [3.8, 4) is 0 Å². The molecular weight excluding hydrogens is 314 g/mol. The van der Waals surface area contributed by atoms with Gasteiger partial charge in [0.1, 0.15) is 11.5 Å². The summed E-state index contributed by atoms with van der Waals surface area (Å²) >= 11 is 1.82. The van der Waals surface area contributed by atoms with Gasteiger partial charge in [0.05, 0.1) is 5.69 Å². The average molecular weight is 335 g/mol. The lowest BCUT2D eigenvalue weighted by Gasteiger charge is -2.07. The number of imidazole rings is 1. The minimum absolute atomic E-state index is 0.880. The Hall–Kier alpha value is -2.33. The molecular formula is C20H21N3S. The lowest BCUT2D eigenvalue weighted by atomic mass is 10.0. The predicted molar refractivity (Wildman–Crippen MR) is 104 cm³/mol. The third-order valence-electron chi connectivity index (χ3n) is 4.81. The van der Waals surface area contributed by atoms with Crippen LogP contribution in [0.25, 0.3) is 15.7 Å². The Morgan fingerprint density at radius 2 is 1.96 bits per heavy atom. The summed E-state index contributed by atoms with van der Waals surface area (Å²) in [7, 11) is 1.95. The fraction of sp³-hybridized carbons (Fsp3) is 0.250. The summed E-state index contributed by atoms with van der Waals surface area (Å²) in [4.78, 5) is 4.77. The highest BCUT2D eigenvalue weighted by atomic mass is 32.1. The first-order chi connectivity index (χ1) is 11.6. The molecule has 3 heterocycles. The third kappa shape index (κ3) is 2.29. The van der Waals surface area contributed by atoms with Crippen LogP contribution in [0.2, 0.25) is 0 Å². The minimum atomic E-state index is 0.880. The summed E-state index contributed by atoms with van der Waals surface area (Å²) < 4.78 is 3.59. The monoisotopic (exact) mass is 335 g/mol. The van der Waals surface area contributed by atoms with Gasteiger partial charge in [-0.05, 0) is 65.9 Å². The molecule has 0 radical (unpaired) electrons. The zero-order valence-corrected chi connectivity index (χ0v) is 15.3. The van der Waals surface area contributed by atoms with Crippen molar-refractivity contribution in [3.63, 3.8) is 0 Å². The van der Waals surface area contributed by atoms with Gasteiger partial charge < -0.3 is 9.72 Å². The van der Waals surface area contributed by atoms with Crippen molar-refractivity contribution < 1.29 is 0 Å². The predicted octanol–water partition coefficient (Wildman–Crippen LogP) is 5.11. The maximum Gasteiger partial charge on any atom is 0.148 e. The van der Waals surface area contributed by atoms with Crippen LogP contribution in [0.5, 0.6) is 0 Å². The Kier molecular flexibility index (Phi) is 3.57. The number of aryl methyl sites for hydroxylation is 3. The number of benzene rings is 1. The summed E-state index contributed by atoms with van der Waals surface area (Å²) in [5.41, 5.74) is 7.51. The Bertz CT molecular complexity index is 1060. The molecule has 1 aromatic carbocycles. The van der Waals surface area contributed by atoms with E-state index in [9.17, 15) is 0 Å². The van der Waals surface area contributed by atoms with Gasteiger partial charge in [-0.2, -0.15) is 0 Å². The van der Waals surface area contributed by atoms with E-state index in [0.717, 1.165) is 17.9 Å². The lowest BCUT2D eigenvalue weighted by Crippen LogP contribution is -2.00. The van der Waals surface area contributed by atoms with Crippen molar-refractivity contribution in [1.82, 2.24) is 9.38 Å². The molecule has 122 valence electrons. The molecule has 3 aromatic heterocycles. The first kappa shape index (κ1) is 15.2. The van der Waals surface area contributed by atoms with Crippen LogP contribution in [0.1, 0.15) is 27.9 Å². The van der Waals surface area contributed by atoms with E-state index in [0.29, 0.717) is 0 Å². The number of nitrogens with zero attached hydrogens (tertiary/aromatic N) is 2. The van der Waals surface area contributed by atoms with Gasteiger partial charge in [0.25, 0.3) is 0 Å². The second-order valence-corrected chi connectivity index (χ2v) is 7.32. The highest BCUT2D eigenvalue weighted by Gasteiger charge is 2.15. The second kappa shape index (κ2) is 5.64. The quantitative estimate of drug-likeness (QED) is 0.564. The molecule has 0 amide bonds. The largest absolute Gasteiger partial charge is 0.372 e. The molecule has 3 nitrogen and oxygen atoms in total. The molecule has 4 aromatic rings. The van der Waals surface area contributed by atoms with Crippen molar-refractivity contribution in [3.05, 3.63) is 63.8 Å². The van der Waals surface area contributed by atoms with E-state index >= 15 is 0 Å². The van der Waals surface area contributed by atoms with Crippen molar-refractivity contribution in [2.24, 2.45) is 0 Å². The number of pyridine rings is 1. The SMILES string of the molecule is CNc1nc2cc(C)c(C)cn2c1Cc1csc2cccc(C)c12. The van der Waals surface area contributed by atoms with Crippen LogP contribution in [0.15, 0.2) is 35.8 Å². The number of fused-ring (bicyclic) bond motifs is 2. The van der Waals surface area contributed by atoms with Crippen LogP contribution in [-0.2, 0) is 6.42 Å². The van der Waals surface area contributed by atoms with E-state index in [1.54, 1.807) is 0 Å². The van der Waals surface area contributed by atoms with Gasteiger partial charge in [0.2, 0.25) is 0 Å². The van der Waals surface area contributed by atoms with Crippen LogP contribution in [-0.4, -0.2) is 16.4 Å². The van der Waals surface area contributed by atoms with Gasteiger partial charge in [-0.3, -0.25) is 0 Å². The first-order valence-corrected chi connectivity index (χ1v) is 9.08. The van der Waals surface area contributed by atoms with E-state index in [-0.39, 0.29) is 0 Å². The van der Waals surface area contributed by atoms with E-state index in [2.05, 4.69) is 66.3 Å². The Balaban J connectivity index is 1.91. The molecule has 1 N–H and O–H groups in total. The van der Waals surface area contributed by atoms with Gasteiger partial charge in [-0.25, -0.2) is 4.98 Å². The molecule has 0 spiro atoms. The molecule has 0 saturated heterocycles. The Morgan fingerprint density at radius 1 is 1.12 bits per heavy atom. The number of hydrogen-bond acceptors (Lipinski definition) is 3. The Labute approximate surface area is 146 Å². The van der Waals surface area contributed by atoms with Crippen molar-refractivity contribution in [1.29, 1.82) is 0 Å². The van der Waals surface area contributed by atoms with Crippen molar-refractivity contribution in [2.45, 2.75) is 27.2 Å². The maximum atomic E-state index is 4.77. The normalized spacial score (nSPS) is 11.5. The molecule has 0 bridgehead atoms. The number of aromatic nitrogens is 2. The van der Waals surface area contributed by atoms with Crippen molar-refractivity contribution in [2.75, 3.05) is 12.4 Å². The molecule has 0 atom stereocenters. The molecule has 24 heavy (non-hydrogen) atoms. The van der Waals surface area contributed by atoms with Crippen LogP contribution < -0.4 is 5.32 Å². The number of hydrogen-bond donors (Lipinski definition) is 1. The molecule has 0 aliphatic rings. The standard InChI is InChI=1S/C20H21N3S/c1-12-6-5-7-17-19(12)15(11-24-17)9-16-20(21-4)22-18-8-13(2)14(3)10-23(16)18/h5-8,10-11,21H,9H2,1-4H3. The molecule has 0 aliphatic carbocycles. The summed E-state index contributed by atoms with van der Waals surface area (Å²) in [6.45, 7) is 6.49. The van der Waals surface area contributed by atoms with E-state index < -0.39 is 0 Å². The third-order valence-corrected chi connectivity index (χ3v) is 5.80. The molecule has 4 heteroatoms. The summed E-state index contributed by atoms with van der Waals surface area (Å²) in [6.07, 6.45) is 3.08. The summed E-state index contributed by atoms with van der Waals surface area (Å²) in [5, 5.41) is 6.95. The number of nitrogens with one attached hydrogen (secondary N) is 1. The smallest absolute Gasteiger partial charge is 0.148 e. The van der Waals surface area contributed by atoms with Gasteiger partial charge in [-0.15, -0.1) is 11.3 Å². The van der Waals surface area contributed by atoms with Gasteiger partial charge >= 0.3 is 0 Å². The Morgan fingerprint density at radius 3 is 2.75 bits per heavy atom. The van der Waals surface area contributed by atoms with E-state index in [1.807, 2.05) is 18.4 Å². The molecule has 0 unspecified atom stereocenters. The van der Waals surface area contributed by atoms with Crippen LogP contribution >= 0.6 is 11.3 Å². The van der Waals surface area contributed by atoms with E-state index in [4.69, 9.17) is 4.98 Å². The summed E-state index contributed by atoms with van der Waals surface area (Å²) in [6, 6.07) is 8.70. The van der Waals surface area contributed by atoms with Crippen LogP contribution in [0.4, 0.5) is 5.82 Å². The van der Waals surface area contributed by atoms with Crippen LogP contribution in [0.3, 0.4) is 0 Å². The second-order valence-electron chi connectivity index (χ2n) is 6.41. The van der Waals surface area contributed by atoms with Gasteiger partial charge in [0.15, 0.2) is 0 Å². The molecule has 0 aliphatic heterocycles. The fourth-order valence-corrected chi connectivity index (χ4v) is 4.40.